The molecule has 0 aliphatic carbocycles. The Labute approximate surface area is 107 Å². The number of sulfone groups is 1. The summed E-state index contributed by atoms with van der Waals surface area (Å²) in [7, 11) is -3.05. The van der Waals surface area contributed by atoms with Crippen LogP contribution in [0.5, 0.6) is 5.75 Å². The Bertz CT molecular complexity index is 493. The van der Waals surface area contributed by atoms with E-state index in [9.17, 15) is 13.2 Å². The van der Waals surface area contributed by atoms with Gasteiger partial charge in [0.25, 0.3) is 5.91 Å². The van der Waals surface area contributed by atoms with Crippen molar-refractivity contribution in [1.82, 2.24) is 5.32 Å². The van der Waals surface area contributed by atoms with Crippen molar-refractivity contribution in [2.75, 3.05) is 25.2 Å². The van der Waals surface area contributed by atoms with Crippen LogP contribution < -0.4 is 10.1 Å². The summed E-state index contributed by atoms with van der Waals surface area (Å²) in [6.45, 7) is 1.95. The molecule has 0 aliphatic rings. The summed E-state index contributed by atoms with van der Waals surface area (Å²) in [5, 5.41) is 2.48. The molecule has 0 fully saturated rings. The Morgan fingerprint density at radius 2 is 1.89 bits per heavy atom. The maximum Gasteiger partial charge on any atom is 0.257 e. The van der Waals surface area contributed by atoms with E-state index in [4.69, 9.17) is 4.74 Å². The van der Waals surface area contributed by atoms with Crippen LogP contribution in [0.1, 0.15) is 5.56 Å². The molecule has 1 N–H and O–H groups in total. The minimum Gasteiger partial charge on any atom is -0.484 e. The summed E-state index contributed by atoms with van der Waals surface area (Å²) in [4.78, 5) is 11.3. The lowest BCUT2D eigenvalue weighted by molar-refractivity contribution is -0.122. The number of amides is 1. The molecule has 0 aliphatic heterocycles. The van der Waals surface area contributed by atoms with Crippen LogP contribution in [-0.2, 0) is 14.6 Å². The van der Waals surface area contributed by atoms with Crippen molar-refractivity contribution in [1.29, 1.82) is 0 Å². The highest BCUT2D eigenvalue weighted by molar-refractivity contribution is 7.90. The number of hydrogen-bond acceptors (Lipinski definition) is 4. The number of carbonyl (C=O) groups excluding carboxylic acids is 1. The zero-order valence-electron chi connectivity index (χ0n) is 10.5. The van der Waals surface area contributed by atoms with Gasteiger partial charge in [0.2, 0.25) is 0 Å². The fourth-order valence-electron chi connectivity index (χ4n) is 1.21. The number of nitrogens with one attached hydrogen (secondary N) is 1. The standard InChI is InChI=1S/C12H17NO4S/c1-10-3-5-11(6-4-10)17-9-12(14)13-7-8-18(2,15)16/h3-6H,7-9H2,1-2H3,(H,13,14). The van der Waals surface area contributed by atoms with Crippen LogP contribution in [-0.4, -0.2) is 39.5 Å². The third-order valence-electron chi connectivity index (χ3n) is 2.19. The maximum absolute atomic E-state index is 11.3. The molecule has 100 valence electrons. The van der Waals surface area contributed by atoms with Crippen LogP contribution in [0.2, 0.25) is 0 Å². The summed E-state index contributed by atoms with van der Waals surface area (Å²) >= 11 is 0. The van der Waals surface area contributed by atoms with Crippen molar-refractivity contribution < 1.29 is 17.9 Å². The van der Waals surface area contributed by atoms with E-state index in [1.807, 2.05) is 19.1 Å². The summed E-state index contributed by atoms with van der Waals surface area (Å²) in [5.41, 5.74) is 1.11. The monoisotopic (exact) mass is 271 g/mol. The van der Waals surface area contributed by atoms with Gasteiger partial charge in [0.05, 0.1) is 5.75 Å². The van der Waals surface area contributed by atoms with Gasteiger partial charge in [0.1, 0.15) is 15.6 Å². The first-order valence-electron chi connectivity index (χ1n) is 5.51. The van der Waals surface area contributed by atoms with Crippen LogP contribution in [0.3, 0.4) is 0 Å². The van der Waals surface area contributed by atoms with Crippen molar-refractivity contribution in [3.63, 3.8) is 0 Å². The third kappa shape index (κ3) is 6.24. The van der Waals surface area contributed by atoms with Gasteiger partial charge in [-0.15, -0.1) is 0 Å². The molecular weight excluding hydrogens is 254 g/mol. The van der Waals surface area contributed by atoms with Gasteiger partial charge in [0.15, 0.2) is 6.61 Å². The molecule has 0 saturated heterocycles. The van der Waals surface area contributed by atoms with E-state index in [1.165, 1.54) is 0 Å². The molecule has 0 radical (unpaired) electrons. The van der Waals surface area contributed by atoms with Crippen LogP contribution in [0, 0.1) is 6.92 Å². The fourth-order valence-corrected chi connectivity index (χ4v) is 1.68. The van der Waals surface area contributed by atoms with Crippen molar-refractivity contribution in [3.05, 3.63) is 29.8 Å². The Hall–Kier alpha value is -1.56. The lowest BCUT2D eigenvalue weighted by Crippen LogP contribution is -2.32. The van der Waals surface area contributed by atoms with Gasteiger partial charge in [0, 0.05) is 12.8 Å². The number of benzene rings is 1. The molecule has 0 bridgehead atoms. The highest BCUT2D eigenvalue weighted by atomic mass is 32.2. The largest absolute Gasteiger partial charge is 0.484 e. The predicted octanol–water partition coefficient (Wildman–Crippen LogP) is 0.535. The van der Waals surface area contributed by atoms with Crippen molar-refractivity contribution in [2.24, 2.45) is 0 Å². The number of ether oxygens (including phenoxy) is 1. The molecule has 0 heterocycles. The Morgan fingerprint density at radius 3 is 2.44 bits per heavy atom. The van der Waals surface area contributed by atoms with E-state index in [-0.39, 0.29) is 24.8 Å². The highest BCUT2D eigenvalue weighted by Gasteiger charge is 2.05. The first kappa shape index (κ1) is 14.5. The average Bonchev–Trinajstić information content (AvgIpc) is 2.26. The molecule has 0 saturated carbocycles. The molecule has 0 aromatic heterocycles. The SMILES string of the molecule is Cc1ccc(OCC(=O)NCCS(C)(=O)=O)cc1. The van der Waals surface area contributed by atoms with Gasteiger partial charge in [-0.25, -0.2) is 8.42 Å². The third-order valence-corrected chi connectivity index (χ3v) is 3.13. The zero-order chi connectivity index (χ0) is 13.6. The molecule has 6 heteroatoms. The van der Waals surface area contributed by atoms with E-state index in [0.717, 1.165) is 11.8 Å². The lowest BCUT2D eigenvalue weighted by atomic mass is 10.2. The molecule has 0 atom stereocenters. The molecular formula is C12H17NO4S. The van der Waals surface area contributed by atoms with Gasteiger partial charge in [-0.3, -0.25) is 4.79 Å². The van der Waals surface area contributed by atoms with Crippen LogP contribution in [0.4, 0.5) is 0 Å². The summed E-state index contributed by atoms with van der Waals surface area (Å²) in [5.74, 6) is 0.210. The minimum atomic E-state index is -3.05. The Kier molecular flexibility index (Phi) is 5.15. The number of carbonyl (C=O) groups is 1. The number of aryl methyl sites for hydroxylation is 1. The normalized spacial score (nSPS) is 11.0. The van der Waals surface area contributed by atoms with Crippen molar-refractivity contribution >= 4 is 15.7 Å². The van der Waals surface area contributed by atoms with Crippen molar-refractivity contribution in [3.8, 4) is 5.75 Å². The van der Waals surface area contributed by atoms with Crippen LogP contribution in [0.25, 0.3) is 0 Å². The van der Waals surface area contributed by atoms with Gasteiger partial charge in [-0.1, -0.05) is 17.7 Å². The summed E-state index contributed by atoms with van der Waals surface area (Å²) in [6, 6.07) is 7.33. The maximum atomic E-state index is 11.3. The second kappa shape index (κ2) is 6.39. The fraction of sp³-hybridized carbons (Fsp3) is 0.417. The quantitative estimate of drug-likeness (QED) is 0.819. The van der Waals surface area contributed by atoms with E-state index >= 15 is 0 Å². The molecule has 5 nitrogen and oxygen atoms in total. The second-order valence-corrected chi connectivity index (χ2v) is 6.34. The van der Waals surface area contributed by atoms with Crippen LogP contribution >= 0.6 is 0 Å². The molecule has 18 heavy (non-hydrogen) atoms. The van der Waals surface area contributed by atoms with Gasteiger partial charge < -0.3 is 10.1 Å². The molecule has 1 aromatic carbocycles. The van der Waals surface area contributed by atoms with E-state index < -0.39 is 9.84 Å². The van der Waals surface area contributed by atoms with Gasteiger partial charge in [-0.2, -0.15) is 0 Å². The van der Waals surface area contributed by atoms with Gasteiger partial charge in [-0.05, 0) is 19.1 Å². The second-order valence-electron chi connectivity index (χ2n) is 4.08. The zero-order valence-corrected chi connectivity index (χ0v) is 11.3. The first-order chi connectivity index (χ1) is 8.37. The minimum absolute atomic E-state index is 0.0662. The molecule has 1 aromatic rings. The molecule has 0 spiro atoms. The number of rotatable bonds is 6. The lowest BCUT2D eigenvalue weighted by Gasteiger charge is -2.07. The topological polar surface area (TPSA) is 72.5 Å². The average molecular weight is 271 g/mol. The summed E-state index contributed by atoms with van der Waals surface area (Å²) in [6.07, 6.45) is 1.13. The Morgan fingerprint density at radius 1 is 1.28 bits per heavy atom. The van der Waals surface area contributed by atoms with E-state index in [1.54, 1.807) is 12.1 Å². The first-order valence-corrected chi connectivity index (χ1v) is 7.57. The Balaban J connectivity index is 2.27. The smallest absolute Gasteiger partial charge is 0.257 e. The molecule has 0 unspecified atom stereocenters. The number of hydrogen-bond donors (Lipinski definition) is 1. The van der Waals surface area contributed by atoms with Gasteiger partial charge >= 0.3 is 0 Å². The molecule has 1 rings (SSSR count). The molecule has 1 amide bonds. The summed E-state index contributed by atoms with van der Waals surface area (Å²) < 4.78 is 26.9. The van der Waals surface area contributed by atoms with Crippen LogP contribution in [0.15, 0.2) is 24.3 Å². The van der Waals surface area contributed by atoms with E-state index in [2.05, 4.69) is 5.32 Å². The van der Waals surface area contributed by atoms with E-state index in [0.29, 0.717) is 5.75 Å². The predicted molar refractivity (Wildman–Crippen MR) is 69.4 cm³/mol. The van der Waals surface area contributed by atoms with Crippen molar-refractivity contribution in [2.45, 2.75) is 6.92 Å². The highest BCUT2D eigenvalue weighted by Crippen LogP contribution is 2.10.